The molecule has 0 aliphatic carbocycles. The molecule has 0 spiro atoms. The molecule has 5 nitrogen and oxygen atoms in total. The lowest BCUT2D eigenvalue weighted by atomic mass is 10.1. The van der Waals surface area contributed by atoms with Crippen LogP contribution in [0.2, 0.25) is 0 Å². The number of carbonyl (C=O) groups excluding carboxylic acids is 1. The van der Waals surface area contributed by atoms with Crippen LogP contribution in [0.3, 0.4) is 0 Å². The highest BCUT2D eigenvalue weighted by Gasteiger charge is 2.14. The number of aromatic nitrogens is 2. The van der Waals surface area contributed by atoms with Gasteiger partial charge in [-0.1, -0.05) is 0 Å². The van der Waals surface area contributed by atoms with E-state index in [9.17, 15) is 4.79 Å². The summed E-state index contributed by atoms with van der Waals surface area (Å²) in [5, 5.41) is 7.64. The van der Waals surface area contributed by atoms with Crippen LogP contribution in [0.15, 0.2) is 6.20 Å². The normalized spacial score (nSPS) is 14.9. The Morgan fingerprint density at radius 3 is 3.19 bits per heavy atom. The maximum atomic E-state index is 11.4. The topological polar surface area (TPSA) is 56.2 Å². The second-order valence-corrected chi connectivity index (χ2v) is 4.26. The minimum atomic E-state index is -0.234. The molecule has 1 aliphatic heterocycles. The van der Waals surface area contributed by atoms with Crippen molar-refractivity contribution in [2.24, 2.45) is 0 Å². The second-order valence-electron chi connectivity index (χ2n) is 4.26. The first-order valence-corrected chi connectivity index (χ1v) is 5.60. The largest absolute Gasteiger partial charge is 0.462 e. The highest BCUT2D eigenvalue weighted by atomic mass is 16.5. The van der Waals surface area contributed by atoms with Crippen LogP contribution in [0.1, 0.15) is 25.1 Å². The van der Waals surface area contributed by atoms with Crippen molar-refractivity contribution in [3.05, 3.63) is 17.5 Å². The fraction of sp³-hybridized carbons (Fsp3) is 0.636. The molecular weight excluding hydrogens is 206 g/mol. The number of fused-ring (bicyclic) bond motifs is 1. The molecule has 1 aromatic rings. The third-order valence-electron chi connectivity index (χ3n) is 2.44. The predicted molar refractivity (Wildman–Crippen MR) is 58.9 cm³/mol. The molecule has 16 heavy (non-hydrogen) atoms. The van der Waals surface area contributed by atoms with Crippen LogP contribution in [-0.4, -0.2) is 28.4 Å². The van der Waals surface area contributed by atoms with Crippen molar-refractivity contribution in [3.63, 3.8) is 0 Å². The Hall–Kier alpha value is -1.36. The third-order valence-corrected chi connectivity index (χ3v) is 2.44. The smallest absolute Gasteiger partial charge is 0.328 e. The molecule has 0 unspecified atom stereocenters. The lowest BCUT2D eigenvalue weighted by molar-refractivity contribution is -0.148. The summed E-state index contributed by atoms with van der Waals surface area (Å²) in [7, 11) is 0. The van der Waals surface area contributed by atoms with E-state index in [-0.39, 0.29) is 18.6 Å². The number of ether oxygens (including phenoxy) is 1. The summed E-state index contributed by atoms with van der Waals surface area (Å²) in [5.74, 6) is -0.234. The van der Waals surface area contributed by atoms with E-state index in [0.717, 1.165) is 25.2 Å². The van der Waals surface area contributed by atoms with Crippen molar-refractivity contribution in [1.82, 2.24) is 15.1 Å². The van der Waals surface area contributed by atoms with Crippen molar-refractivity contribution in [2.75, 3.05) is 6.54 Å². The van der Waals surface area contributed by atoms with Crippen molar-refractivity contribution < 1.29 is 9.53 Å². The Bertz CT molecular complexity index is 361. The molecule has 88 valence electrons. The molecule has 5 heteroatoms. The van der Waals surface area contributed by atoms with E-state index in [1.165, 1.54) is 5.56 Å². The summed E-state index contributed by atoms with van der Waals surface area (Å²) in [6.07, 6.45) is 2.78. The zero-order valence-electron chi connectivity index (χ0n) is 9.69. The van der Waals surface area contributed by atoms with Crippen molar-refractivity contribution in [1.29, 1.82) is 0 Å². The Balaban J connectivity index is 1.99. The van der Waals surface area contributed by atoms with Gasteiger partial charge in [0.15, 0.2) is 0 Å². The molecule has 0 bridgehead atoms. The highest BCUT2D eigenvalue weighted by Crippen LogP contribution is 2.11. The Labute approximate surface area is 94.8 Å². The monoisotopic (exact) mass is 223 g/mol. The van der Waals surface area contributed by atoms with Gasteiger partial charge < -0.3 is 10.1 Å². The first kappa shape index (κ1) is 11.1. The number of rotatable bonds is 3. The molecule has 0 fully saturated rings. The maximum Gasteiger partial charge on any atom is 0.328 e. The molecule has 0 amide bonds. The molecule has 0 saturated carbocycles. The number of nitrogens with one attached hydrogen (secondary N) is 1. The van der Waals surface area contributed by atoms with Gasteiger partial charge in [0.25, 0.3) is 0 Å². The average molecular weight is 223 g/mol. The molecule has 0 atom stereocenters. The first-order valence-electron chi connectivity index (χ1n) is 5.60. The lowest BCUT2D eigenvalue weighted by Crippen LogP contribution is -2.22. The number of hydrogen-bond donors (Lipinski definition) is 1. The molecule has 1 N–H and O–H groups in total. The molecule has 0 aromatic carbocycles. The fourth-order valence-corrected chi connectivity index (χ4v) is 1.80. The fourth-order valence-electron chi connectivity index (χ4n) is 1.80. The van der Waals surface area contributed by atoms with Gasteiger partial charge in [-0.3, -0.25) is 9.48 Å². The summed E-state index contributed by atoms with van der Waals surface area (Å²) in [5.41, 5.74) is 2.28. The molecule has 0 radical (unpaired) electrons. The van der Waals surface area contributed by atoms with E-state index in [1.807, 2.05) is 20.0 Å². The van der Waals surface area contributed by atoms with E-state index in [0.29, 0.717) is 0 Å². The quantitative estimate of drug-likeness (QED) is 0.757. The van der Waals surface area contributed by atoms with Gasteiger partial charge in [-0.2, -0.15) is 5.10 Å². The van der Waals surface area contributed by atoms with E-state index in [2.05, 4.69) is 10.4 Å². The first-order chi connectivity index (χ1) is 7.65. The second kappa shape index (κ2) is 4.65. The zero-order valence-corrected chi connectivity index (χ0v) is 9.69. The molecule has 2 heterocycles. The Morgan fingerprint density at radius 1 is 1.69 bits per heavy atom. The van der Waals surface area contributed by atoms with Crippen molar-refractivity contribution in [2.45, 2.75) is 39.5 Å². The Kier molecular flexibility index (Phi) is 3.24. The van der Waals surface area contributed by atoms with E-state index < -0.39 is 0 Å². The SMILES string of the molecule is CC(C)OC(=O)Cn1cc2c(n1)CCNC2. The van der Waals surface area contributed by atoms with Gasteiger partial charge in [0.1, 0.15) is 6.54 Å². The Morgan fingerprint density at radius 2 is 2.50 bits per heavy atom. The average Bonchev–Trinajstić information content (AvgIpc) is 2.57. The summed E-state index contributed by atoms with van der Waals surface area (Å²) in [6, 6.07) is 0. The standard InChI is InChI=1S/C11H17N3O2/c1-8(2)16-11(15)7-14-6-9-5-12-4-3-10(9)13-14/h6,8,12H,3-5,7H2,1-2H3. The lowest BCUT2D eigenvalue weighted by Gasteiger charge is -2.09. The van der Waals surface area contributed by atoms with Gasteiger partial charge in [-0.25, -0.2) is 0 Å². The predicted octanol–water partition coefficient (Wildman–Crippen LogP) is 0.480. The molecule has 1 aliphatic rings. The van der Waals surface area contributed by atoms with Crippen LogP contribution >= 0.6 is 0 Å². The summed E-state index contributed by atoms with van der Waals surface area (Å²) in [6.45, 7) is 5.69. The minimum Gasteiger partial charge on any atom is -0.462 e. The van der Waals surface area contributed by atoms with E-state index >= 15 is 0 Å². The van der Waals surface area contributed by atoms with Crippen molar-refractivity contribution >= 4 is 5.97 Å². The van der Waals surface area contributed by atoms with Crippen LogP contribution < -0.4 is 5.32 Å². The van der Waals surface area contributed by atoms with Crippen LogP contribution in [0.4, 0.5) is 0 Å². The van der Waals surface area contributed by atoms with Crippen LogP contribution in [-0.2, 0) is 29.0 Å². The summed E-state index contributed by atoms with van der Waals surface area (Å²) < 4.78 is 6.74. The maximum absolute atomic E-state index is 11.4. The van der Waals surface area contributed by atoms with Crippen LogP contribution in [0.25, 0.3) is 0 Å². The number of carbonyl (C=O) groups is 1. The van der Waals surface area contributed by atoms with E-state index in [4.69, 9.17) is 4.74 Å². The molecular formula is C11H17N3O2. The zero-order chi connectivity index (χ0) is 11.5. The van der Waals surface area contributed by atoms with Gasteiger partial charge in [0, 0.05) is 31.3 Å². The van der Waals surface area contributed by atoms with Crippen molar-refractivity contribution in [3.8, 4) is 0 Å². The van der Waals surface area contributed by atoms with Gasteiger partial charge in [-0.05, 0) is 13.8 Å². The van der Waals surface area contributed by atoms with Crippen LogP contribution in [0.5, 0.6) is 0 Å². The van der Waals surface area contributed by atoms with E-state index in [1.54, 1.807) is 4.68 Å². The van der Waals surface area contributed by atoms with Gasteiger partial charge in [0.05, 0.1) is 11.8 Å². The summed E-state index contributed by atoms with van der Waals surface area (Å²) in [4.78, 5) is 11.4. The molecule has 0 saturated heterocycles. The van der Waals surface area contributed by atoms with Gasteiger partial charge in [0.2, 0.25) is 0 Å². The van der Waals surface area contributed by atoms with Crippen LogP contribution in [0, 0.1) is 0 Å². The minimum absolute atomic E-state index is 0.0700. The third kappa shape index (κ3) is 2.61. The summed E-state index contributed by atoms with van der Waals surface area (Å²) >= 11 is 0. The van der Waals surface area contributed by atoms with Gasteiger partial charge >= 0.3 is 5.97 Å². The highest BCUT2D eigenvalue weighted by molar-refractivity contribution is 5.69. The number of nitrogens with zero attached hydrogens (tertiary/aromatic N) is 2. The number of hydrogen-bond acceptors (Lipinski definition) is 4. The molecule has 2 rings (SSSR count). The number of esters is 1. The molecule has 1 aromatic heterocycles. The van der Waals surface area contributed by atoms with Gasteiger partial charge in [-0.15, -0.1) is 0 Å².